The predicted octanol–water partition coefficient (Wildman–Crippen LogP) is 2.56. The quantitative estimate of drug-likeness (QED) is 0.690. The van der Waals surface area contributed by atoms with E-state index in [1.807, 2.05) is 0 Å². The average molecular weight is 405 g/mol. The van der Waals surface area contributed by atoms with E-state index in [2.05, 4.69) is 15.7 Å². The van der Waals surface area contributed by atoms with Gasteiger partial charge < -0.3 is 15.4 Å². The highest BCUT2D eigenvalue weighted by Gasteiger charge is 2.20. The number of rotatable bonds is 7. The van der Waals surface area contributed by atoms with Gasteiger partial charge in [-0.3, -0.25) is 14.4 Å². The van der Waals surface area contributed by atoms with Crippen LogP contribution in [0.15, 0.2) is 36.5 Å². The van der Waals surface area contributed by atoms with Gasteiger partial charge in [-0.25, -0.2) is 4.68 Å². The van der Waals surface area contributed by atoms with Crippen LogP contribution >= 0.6 is 11.6 Å². The second kappa shape index (κ2) is 9.36. The zero-order valence-corrected chi connectivity index (χ0v) is 15.9. The summed E-state index contributed by atoms with van der Waals surface area (Å²) in [6.07, 6.45) is 6.00. The van der Waals surface area contributed by atoms with Crippen molar-refractivity contribution in [2.75, 3.05) is 18.5 Å². The Labute approximate surface area is 167 Å². The van der Waals surface area contributed by atoms with Gasteiger partial charge in [0.1, 0.15) is 12.4 Å². The van der Waals surface area contributed by atoms with Crippen molar-refractivity contribution >= 4 is 35.2 Å². The van der Waals surface area contributed by atoms with Gasteiger partial charge >= 0.3 is 5.97 Å². The highest BCUT2D eigenvalue weighted by Crippen LogP contribution is 2.31. The Morgan fingerprint density at radius 1 is 1.14 bits per heavy atom. The number of carbonyl (C=O) groups is 3. The van der Waals surface area contributed by atoms with Crippen molar-refractivity contribution in [3.05, 3.63) is 47.1 Å². The van der Waals surface area contributed by atoms with Gasteiger partial charge in [-0.2, -0.15) is 5.10 Å². The summed E-state index contributed by atoms with van der Waals surface area (Å²) >= 11 is 5.76. The number of carbonyl (C=O) groups excluding carboxylic acids is 3. The van der Waals surface area contributed by atoms with E-state index in [-0.39, 0.29) is 12.6 Å². The Morgan fingerprint density at radius 2 is 1.86 bits per heavy atom. The molecule has 0 radical (unpaired) electrons. The maximum atomic E-state index is 12.0. The zero-order valence-electron chi connectivity index (χ0n) is 15.2. The molecule has 1 aromatic heterocycles. The number of hydrogen-bond acceptors (Lipinski definition) is 5. The molecule has 2 aromatic rings. The first kappa shape index (κ1) is 19.9. The largest absolute Gasteiger partial charge is 0.454 e. The number of benzene rings is 1. The van der Waals surface area contributed by atoms with Gasteiger partial charge in [0, 0.05) is 16.7 Å². The molecule has 148 valence electrons. The van der Waals surface area contributed by atoms with Crippen LogP contribution in [0, 0.1) is 0 Å². The molecule has 2 amide bonds. The number of nitrogens with one attached hydrogen (secondary N) is 2. The van der Waals surface area contributed by atoms with Crippen LogP contribution in [0.3, 0.4) is 0 Å². The number of hydrogen-bond donors (Lipinski definition) is 2. The first-order chi connectivity index (χ1) is 13.5. The summed E-state index contributed by atoms with van der Waals surface area (Å²) in [4.78, 5) is 35.7. The molecule has 28 heavy (non-hydrogen) atoms. The highest BCUT2D eigenvalue weighted by atomic mass is 35.5. The van der Waals surface area contributed by atoms with E-state index in [9.17, 15) is 14.4 Å². The molecule has 3 rings (SSSR count). The van der Waals surface area contributed by atoms with Gasteiger partial charge in [0.05, 0.1) is 12.2 Å². The topological polar surface area (TPSA) is 102 Å². The van der Waals surface area contributed by atoms with Crippen molar-refractivity contribution in [1.82, 2.24) is 15.1 Å². The van der Waals surface area contributed by atoms with E-state index >= 15 is 0 Å². The van der Waals surface area contributed by atoms with Crippen molar-refractivity contribution in [3.63, 3.8) is 0 Å². The smallest absolute Gasteiger partial charge is 0.325 e. The first-order valence-corrected chi connectivity index (χ1v) is 9.43. The number of esters is 1. The van der Waals surface area contributed by atoms with Gasteiger partial charge in [0.25, 0.3) is 11.8 Å². The minimum atomic E-state index is -0.707. The van der Waals surface area contributed by atoms with Gasteiger partial charge in [-0.05, 0) is 37.1 Å². The van der Waals surface area contributed by atoms with Gasteiger partial charge in [0.15, 0.2) is 6.61 Å². The van der Waals surface area contributed by atoms with Crippen LogP contribution < -0.4 is 10.6 Å². The molecule has 0 unspecified atom stereocenters. The molecule has 0 aliphatic heterocycles. The molecule has 1 aliphatic rings. The van der Waals surface area contributed by atoms with Crippen LogP contribution in [0.2, 0.25) is 5.02 Å². The number of halogens is 1. The molecule has 1 saturated carbocycles. The van der Waals surface area contributed by atoms with E-state index in [0.29, 0.717) is 16.4 Å². The van der Waals surface area contributed by atoms with Crippen LogP contribution in [-0.2, 0) is 14.3 Å². The maximum absolute atomic E-state index is 12.0. The van der Waals surface area contributed by atoms with Crippen LogP contribution in [0.25, 0.3) is 0 Å². The number of nitrogens with zero attached hydrogens (tertiary/aromatic N) is 2. The van der Waals surface area contributed by atoms with E-state index < -0.39 is 24.4 Å². The predicted molar refractivity (Wildman–Crippen MR) is 103 cm³/mol. The zero-order chi connectivity index (χ0) is 19.9. The van der Waals surface area contributed by atoms with Crippen molar-refractivity contribution in [3.8, 4) is 0 Å². The van der Waals surface area contributed by atoms with Crippen LogP contribution in [0.4, 0.5) is 5.82 Å². The number of anilines is 1. The van der Waals surface area contributed by atoms with Crippen LogP contribution in [0.1, 0.15) is 42.1 Å². The molecular weight excluding hydrogens is 384 g/mol. The molecule has 9 heteroatoms. The standard InChI is InChI=1S/C19H21ClN4O4/c20-14-7-5-13(6-8-14)19(27)21-11-18(26)28-12-17(25)23-16-9-10-22-24(16)15-3-1-2-4-15/h5-10,15H,1-4,11-12H2,(H,21,27)(H,23,25). The molecule has 8 nitrogen and oxygen atoms in total. The van der Waals surface area contributed by atoms with E-state index in [0.717, 1.165) is 25.7 Å². The summed E-state index contributed by atoms with van der Waals surface area (Å²) in [5, 5.41) is 9.91. The minimum absolute atomic E-state index is 0.288. The Morgan fingerprint density at radius 3 is 2.57 bits per heavy atom. The molecule has 0 atom stereocenters. The van der Waals surface area contributed by atoms with Crippen LogP contribution in [0.5, 0.6) is 0 Å². The summed E-state index contributed by atoms with van der Waals surface area (Å²) in [7, 11) is 0. The Bertz CT molecular complexity index is 844. The third-order valence-corrected chi connectivity index (χ3v) is 4.72. The lowest BCUT2D eigenvalue weighted by molar-refractivity contribution is -0.146. The van der Waals surface area contributed by atoms with Gasteiger partial charge in [-0.1, -0.05) is 24.4 Å². The van der Waals surface area contributed by atoms with Crippen molar-refractivity contribution in [1.29, 1.82) is 0 Å². The summed E-state index contributed by atoms with van der Waals surface area (Å²) < 4.78 is 6.71. The van der Waals surface area contributed by atoms with Gasteiger partial charge in [0.2, 0.25) is 0 Å². The van der Waals surface area contributed by atoms with Gasteiger partial charge in [-0.15, -0.1) is 0 Å². The Hall–Kier alpha value is -2.87. The lowest BCUT2D eigenvalue weighted by atomic mass is 10.2. The third kappa shape index (κ3) is 5.32. The molecule has 0 bridgehead atoms. The van der Waals surface area contributed by atoms with Crippen molar-refractivity contribution < 1.29 is 19.1 Å². The number of amides is 2. The highest BCUT2D eigenvalue weighted by molar-refractivity contribution is 6.30. The molecule has 1 fully saturated rings. The summed E-state index contributed by atoms with van der Waals surface area (Å²) in [6, 6.07) is 8.25. The first-order valence-electron chi connectivity index (χ1n) is 9.05. The van der Waals surface area contributed by atoms with E-state index in [1.165, 1.54) is 0 Å². The lowest BCUT2D eigenvalue weighted by Crippen LogP contribution is -2.32. The van der Waals surface area contributed by atoms with Crippen LogP contribution in [-0.4, -0.2) is 40.7 Å². The molecule has 1 aliphatic carbocycles. The Kier molecular flexibility index (Phi) is 6.65. The second-order valence-corrected chi connectivity index (χ2v) is 6.93. The fraction of sp³-hybridized carbons (Fsp3) is 0.368. The minimum Gasteiger partial charge on any atom is -0.454 e. The lowest BCUT2D eigenvalue weighted by Gasteiger charge is -2.14. The summed E-state index contributed by atoms with van der Waals surface area (Å²) in [5.74, 6) is -1.01. The fourth-order valence-corrected chi connectivity index (χ4v) is 3.21. The molecule has 2 N–H and O–H groups in total. The molecule has 1 heterocycles. The van der Waals surface area contributed by atoms with Crippen molar-refractivity contribution in [2.24, 2.45) is 0 Å². The van der Waals surface area contributed by atoms with E-state index in [4.69, 9.17) is 16.3 Å². The maximum Gasteiger partial charge on any atom is 0.325 e. The third-order valence-electron chi connectivity index (χ3n) is 4.47. The number of ether oxygens (including phenoxy) is 1. The monoisotopic (exact) mass is 404 g/mol. The molecule has 0 saturated heterocycles. The van der Waals surface area contributed by atoms with E-state index in [1.54, 1.807) is 41.2 Å². The number of aromatic nitrogens is 2. The fourth-order valence-electron chi connectivity index (χ4n) is 3.08. The average Bonchev–Trinajstić information content (AvgIpc) is 3.36. The molecular formula is C19H21ClN4O4. The second-order valence-electron chi connectivity index (χ2n) is 6.50. The Balaban J connectivity index is 1.41. The summed E-state index contributed by atoms with van der Waals surface area (Å²) in [5.41, 5.74) is 0.370. The SMILES string of the molecule is O=C(COC(=O)CNC(=O)c1ccc(Cl)cc1)Nc1ccnn1C1CCCC1. The molecule has 0 spiro atoms. The summed E-state index contributed by atoms with van der Waals surface area (Å²) in [6.45, 7) is -0.778. The normalized spacial score (nSPS) is 13.9. The van der Waals surface area contributed by atoms with Crippen molar-refractivity contribution in [2.45, 2.75) is 31.7 Å². The molecule has 1 aromatic carbocycles.